The molecular weight excluding hydrogens is 349 g/mol. The fraction of sp³-hybridized carbons (Fsp3) is 0.353. The van der Waals surface area contributed by atoms with Crippen LogP contribution in [0.25, 0.3) is 0 Å². The maximum atomic E-state index is 13.4. The van der Waals surface area contributed by atoms with Gasteiger partial charge in [-0.05, 0) is 31.0 Å². The molecule has 1 N–H and O–H groups in total. The average molecular weight is 362 g/mol. The lowest BCUT2D eigenvalue weighted by Crippen LogP contribution is -2.10. The summed E-state index contributed by atoms with van der Waals surface area (Å²) in [6.45, 7) is -0.444. The average Bonchev–Trinajstić information content (AvgIpc) is 3.37. The van der Waals surface area contributed by atoms with Crippen LogP contribution in [0.5, 0.6) is 11.5 Å². The largest absolute Gasteiger partial charge is 0.453 e. The van der Waals surface area contributed by atoms with Gasteiger partial charge in [-0.25, -0.2) is 0 Å². The monoisotopic (exact) mass is 362 g/mol. The molecule has 0 bridgehead atoms. The van der Waals surface area contributed by atoms with Gasteiger partial charge in [-0.3, -0.25) is 4.68 Å². The number of benzene rings is 1. The molecule has 1 aliphatic carbocycles. The first-order valence-corrected chi connectivity index (χ1v) is 7.79. The van der Waals surface area contributed by atoms with Gasteiger partial charge in [0.2, 0.25) is 5.69 Å². The van der Waals surface area contributed by atoms with Gasteiger partial charge in [0, 0.05) is 5.92 Å². The first-order valence-electron chi connectivity index (χ1n) is 7.79. The van der Waals surface area contributed by atoms with Gasteiger partial charge in [0.15, 0.2) is 5.75 Å². The first kappa shape index (κ1) is 17.8. The van der Waals surface area contributed by atoms with Crippen LogP contribution >= 0.6 is 0 Å². The van der Waals surface area contributed by atoms with Crippen LogP contribution in [0.15, 0.2) is 18.2 Å². The van der Waals surface area contributed by atoms with Gasteiger partial charge in [0.05, 0.1) is 42.1 Å². The number of nitrogens with zero attached hydrogens (tertiary/aromatic N) is 4. The Morgan fingerprint density at radius 2 is 1.81 bits per heavy atom. The van der Waals surface area contributed by atoms with Crippen LogP contribution in [0, 0.1) is 22.7 Å². The molecule has 134 valence electrons. The van der Waals surface area contributed by atoms with E-state index in [1.165, 1.54) is 18.2 Å². The van der Waals surface area contributed by atoms with Crippen molar-refractivity contribution in [3.05, 3.63) is 40.7 Å². The number of aliphatic hydroxyl groups is 1. The molecule has 2 aromatic rings. The van der Waals surface area contributed by atoms with Gasteiger partial charge in [-0.2, -0.15) is 28.8 Å². The second-order valence-corrected chi connectivity index (χ2v) is 5.85. The summed E-state index contributed by atoms with van der Waals surface area (Å²) >= 11 is 0. The molecule has 0 atom stereocenters. The Morgan fingerprint density at radius 3 is 2.27 bits per heavy atom. The van der Waals surface area contributed by atoms with E-state index >= 15 is 0 Å². The molecule has 3 rings (SSSR count). The summed E-state index contributed by atoms with van der Waals surface area (Å²) in [7, 11) is 0. The quantitative estimate of drug-likeness (QED) is 0.880. The summed E-state index contributed by atoms with van der Waals surface area (Å²) in [5.74, 6) is -0.612. The van der Waals surface area contributed by atoms with Crippen molar-refractivity contribution in [3.8, 4) is 23.6 Å². The Balaban J connectivity index is 2.12. The molecule has 0 aliphatic heterocycles. The lowest BCUT2D eigenvalue weighted by molar-refractivity contribution is -0.142. The normalized spacial score (nSPS) is 13.9. The van der Waals surface area contributed by atoms with Crippen molar-refractivity contribution in [3.63, 3.8) is 0 Å². The van der Waals surface area contributed by atoms with Crippen LogP contribution in [0.3, 0.4) is 0 Å². The summed E-state index contributed by atoms with van der Waals surface area (Å²) in [6.07, 6.45) is -3.34. The maximum Gasteiger partial charge on any atom is 0.438 e. The van der Waals surface area contributed by atoms with Crippen molar-refractivity contribution in [2.75, 3.05) is 6.61 Å². The number of aromatic nitrogens is 2. The number of hydrogen-bond donors (Lipinski definition) is 1. The number of alkyl halides is 3. The predicted molar refractivity (Wildman–Crippen MR) is 82.2 cm³/mol. The van der Waals surface area contributed by atoms with Gasteiger partial charge in [0.25, 0.3) is 0 Å². The molecule has 0 spiro atoms. The van der Waals surface area contributed by atoms with Crippen LogP contribution in [0.1, 0.15) is 41.3 Å². The number of aliphatic hydroxyl groups excluding tert-OH is 1. The minimum atomic E-state index is -4.75. The van der Waals surface area contributed by atoms with E-state index in [9.17, 15) is 13.2 Å². The summed E-state index contributed by atoms with van der Waals surface area (Å²) in [5.41, 5.74) is -0.715. The molecular formula is C17H13F3N4O2. The van der Waals surface area contributed by atoms with Gasteiger partial charge in [-0.15, -0.1) is 0 Å². The Kier molecular flexibility index (Phi) is 4.58. The minimum Gasteiger partial charge on any atom is -0.453 e. The first-order chi connectivity index (χ1) is 12.4. The van der Waals surface area contributed by atoms with Crippen molar-refractivity contribution in [2.24, 2.45) is 0 Å². The van der Waals surface area contributed by atoms with Crippen LogP contribution in [0.2, 0.25) is 0 Å². The van der Waals surface area contributed by atoms with Crippen LogP contribution in [0.4, 0.5) is 13.2 Å². The highest BCUT2D eigenvalue weighted by Crippen LogP contribution is 2.49. The lowest BCUT2D eigenvalue weighted by Gasteiger charge is -2.11. The number of nitriles is 2. The van der Waals surface area contributed by atoms with Crippen molar-refractivity contribution in [1.29, 1.82) is 10.5 Å². The van der Waals surface area contributed by atoms with Crippen LogP contribution < -0.4 is 4.74 Å². The number of halogens is 3. The number of rotatable bonds is 5. The smallest absolute Gasteiger partial charge is 0.438 e. The van der Waals surface area contributed by atoms with Crippen molar-refractivity contribution in [2.45, 2.75) is 31.5 Å². The molecule has 6 nitrogen and oxygen atoms in total. The van der Waals surface area contributed by atoms with Crippen LogP contribution in [-0.4, -0.2) is 21.5 Å². The van der Waals surface area contributed by atoms with Crippen molar-refractivity contribution >= 4 is 0 Å². The fourth-order valence-corrected chi connectivity index (χ4v) is 2.67. The lowest BCUT2D eigenvalue weighted by atomic mass is 10.1. The summed E-state index contributed by atoms with van der Waals surface area (Å²) in [6, 6.07) is 7.53. The highest BCUT2D eigenvalue weighted by atomic mass is 19.4. The SMILES string of the molecule is N#Cc1cc(C#N)cc(Oc2c(C(F)(F)F)nn(CCO)c2C2CC2)c1. The second-order valence-electron chi connectivity index (χ2n) is 5.85. The van der Waals surface area contributed by atoms with E-state index in [1.807, 2.05) is 12.1 Å². The van der Waals surface area contributed by atoms with Gasteiger partial charge >= 0.3 is 6.18 Å². The van der Waals surface area contributed by atoms with E-state index in [2.05, 4.69) is 5.10 Å². The van der Waals surface area contributed by atoms with E-state index < -0.39 is 17.6 Å². The molecule has 1 aromatic heterocycles. The van der Waals surface area contributed by atoms with E-state index in [0.717, 1.165) is 4.68 Å². The molecule has 1 aromatic carbocycles. The van der Waals surface area contributed by atoms with E-state index in [0.29, 0.717) is 12.8 Å². The summed E-state index contributed by atoms with van der Waals surface area (Å²) in [4.78, 5) is 0. The van der Waals surface area contributed by atoms with Gasteiger partial charge < -0.3 is 9.84 Å². The topological polar surface area (TPSA) is 94.9 Å². The highest BCUT2D eigenvalue weighted by Gasteiger charge is 2.44. The third kappa shape index (κ3) is 3.48. The standard InChI is InChI=1S/C17H13F3N4O2/c18-17(19,20)16-15(14(12-1-2-12)24(23-16)3-4-25)26-13-6-10(8-21)5-11(7-13)9-22/h5-7,12,25H,1-4H2. The Hall–Kier alpha value is -3.04. The Bertz CT molecular complexity index is 886. The van der Waals surface area contributed by atoms with Gasteiger partial charge in [0.1, 0.15) is 5.75 Å². The zero-order valence-electron chi connectivity index (χ0n) is 13.4. The Morgan fingerprint density at radius 1 is 1.19 bits per heavy atom. The predicted octanol–water partition coefficient (Wildman–Crippen LogP) is 3.31. The fourth-order valence-electron chi connectivity index (χ4n) is 2.67. The third-order valence-corrected chi connectivity index (χ3v) is 3.88. The molecule has 1 fully saturated rings. The number of ether oxygens (including phenoxy) is 1. The zero-order valence-corrected chi connectivity index (χ0v) is 13.4. The van der Waals surface area contributed by atoms with Crippen molar-refractivity contribution in [1.82, 2.24) is 9.78 Å². The molecule has 0 saturated heterocycles. The third-order valence-electron chi connectivity index (χ3n) is 3.88. The molecule has 1 heterocycles. The summed E-state index contributed by atoms with van der Waals surface area (Å²) in [5, 5.41) is 30.8. The molecule has 0 amide bonds. The number of hydrogen-bond acceptors (Lipinski definition) is 5. The van der Waals surface area contributed by atoms with Crippen LogP contribution in [-0.2, 0) is 12.7 Å². The summed E-state index contributed by atoms with van der Waals surface area (Å²) < 4.78 is 46.9. The van der Waals surface area contributed by atoms with Gasteiger partial charge in [-0.1, -0.05) is 0 Å². The molecule has 0 radical (unpaired) electrons. The molecule has 9 heteroatoms. The minimum absolute atomic E-state index is 0.0449. The molecule has 1 saturated carbocycles. The molecule has 0 unspecified atom stereocenters. The van der Waals surface area contributed by atoms with E-state index in [-0.39, 0.29) is 41.6 Å². The highest BCUT2D eigenvalue weighted by molar-refractivity contribution is 5.49. The molecule has 26 heavy (non-hydrogen) atoms. The van der Waals surface area contributed by atoms with Crippen molar-refractivity contribution < 1.29 is 23.0 Å². The zero-order chi connectivity index (χ0) is 18.9. The van der Waals surface area contributed by atoms with E-state index in [1.54, 1.807) is 0 Å². The molecule has 1 aliphatic rings. The second kappa shape index (κ2) is 6.70. The maximum absolute atomic E-state index is 13.4. The van der Waals surface area contributed by atoms with E-state index in [4.69, 9.17) is 20.4 Å². The Labute approximate surface area is 146 Å².